The summed E-state index contributed by atoms with van der Waals surface area (Å²) in [5, 5.41) is 12.4. The number of carboxylic acid groups (broad SMARTS) is 1. The molecule has 1 heterocycles. The van der Waals surface area contributed by atoms with Crippen molar-refractivity contribution in [3.05, 3.63) is 30.1 Å². The lowest BCUT2D eigenvalue weighted by Crippen LogP contribution is -2.52. The van der Waals surface area contributed by atoms with Crippen molar-refractivity contribution in [3.8, 4) is 0 Å². The molecule has 1 saturated heterocycles. The molecule has 5 heteroatoms. The van der Waals surface area contributed by atoms with Crippen molar-refractivity contribution in [2.45, 2.75) is 31.4 Å². The Kier molecular flexibility index (Phi) is 3.52. The number of halogens is 1. The summed E-state index contributed by atoms with van der Waals surface area (Å²) >= 11 is 0. The number of carbonyl (C=O) groups is 1. The van der Waals surface area contributed by atoms with Crippen molar-refractivity contribution in [1.29, 1.82) is 0 Å². The quantitative estimate of drug-likeness (QED) is 0.867. The van der Waals surface area contributed by atoms with Crippen molar-refractivity contribution < 1.29 is 19.0 Å². The third-order valence-electron chi connectivity index (χ3n) is 3.20. The van der Waals surface area contributed by atoms with Crippen LogP contribution in [-0.2, 0) is 9.53 Å². The number of carboxylic acids is 1. The Morgan fingerprint density at radius 3 is 2.72 bits per heavy atom. The molecule has 1 aromatic rings. The zero-order valence-corrected chi connectivity index (χ0v) is 10.1. The number of hydrogen-bond donors (Lipinski definition) is 2. The molecule has 1 fully saturated rings. The molecule has 4 nitrogen and oxygen atoms in total. The number of nitrogens with one attached hydrogen (secondary N) is 1. The molecule has 2 unspecified atom stereocenters. The van der Waals surface area contributed by atoms with Gasteiger partial charge in [-0.2, -0.15) is 0 Å². The molecule has 98 valence electrons. The van der Waals surface area contributed by atoms with Crippen LogP contribution in [0.5, 0.6) is 0 Å². The second kappa shape index (κ2) is 4.94. The molecule has 0 bridgehead atoms. The van der Waals surface area contributed by atoms with E-state index in [1.165, 1.54) is 12.1 Å². The third-order valence-corrected chi connectivity index (χ3v) is 3.20. The first-order chi connectivity index (χ1) is 8.52. The molecule has 2 N–H and O–H groups in total. The van der Waals surface area contributed by atoms with Gasteiger partial charge in [0.05, 0.1) is 6.10 Å². The fourth-order valence-corrected chi connectivity index (χ4v) is 2.26. The lowest BCUT2D eigenvalue weighted by Gasteiger charge is -2.37. The average Bonchev–Trinajstić information content (AvgIpc) is 2.32. The number of hydrogen-bond acceptors (Lipinski definition) is 3. The molecule has 2 rings (SSSR count). The Balaban J connectivity index is 2.20. The highest BCUT2D eigenvalue weighted by Crippen LogP contribution is 2.29. The van der Waals surface area contributed by atoms with Crippen molar-refractivity contribution in [2.24, 2.45) is 0 Å². The van der Waals surface area contributed by atoms with E-state index in [1.54, 1.807) is 12.1 Å². The largest absolute Gasteiger partial charge is 0.480 e. The molecule has 1 aliphatic rings. The Morgan fingerprint density at radius 1 is 1.50 bits per heavy atom. The highest BCUT2D eigenvalue weighted by atomic mass is 19.1. The van der Waals surface area contributed by atoms with Gasteiger partial charge in [0.15, 0.2) is 0 Å². The third kappa shape index (κ3) is 2.61. The maximum Gasteiger partial charge on any atom is 0.329 e. The van der Waals surface area contributed by atoms with Gasteiger partial charge in [-0.1, -0.05) is 0 Å². The molecular weight excluding hydrogens is 237 g/mol. The van der Waals surface area contributed by atoms with E-state index in [1.807, 2.05) is 6.92 Å². The van der Waals surface area contributed by atoms with Gasteiger partial charge in [-0.05, 0) is 31.2 Å². The highest BCUT2D eigenvalue weighted by molar-refractivity contribution is 5.83. The second-order valence-electron chi connectivity index (χ2n) is 4.65. The minimum atomic E-state index is -1.03. The van der Waals surface area contributed by atoms with E-state index in [2.05, 4.69) is 5.32 Å². The monoisotopic (exact) mass is 253 g/mol. The van der Waals surface area contributed by atoms with E-state index in [0.29, 0.717) is 25.1 Å². The van der Waals surface area contributed by atoms with Gasteiger partial charge in [0.2, 0.25) is 0 Å². The zero-order valence-electron chi connectivity index (χ0n) is 10.1. The first-order valence-corrected chi connectivity index (χ1v) is 5.91. The fourth-order valence-electron chi connectivity index (χ4n) is 2.26. The van der Waals surface area contributed by atoms with Gasteiger partial charge in [0.1, 0.15) is 11.4 Å². The number of ether oxygens (including phenoxy) is 1. The van der Waals surface area contributed by atoms with Gasteiger partial charge in [-0.25, -0.2) is 9.18 Å². The predicted octanol–water partition coefficient (Wildman–Crippen LogP) is 2.26. The van der Waals surface area contributed by atoms with E-state index in [9.17, 15) is 14.3 Å². The van der Waals surface area contributed by atoms with E-state index in [0.717, 1.165) is 0 Å². The summed E-state index contributed by atoms with van der Waals surface area (Å²) in [6.07, 6.45) is 0.673. The van der Waals surface area contributed by atoms with Crippen molar-refractivity contribution in [3.63, 3.8) is 0 Å². The fraction of sp³-hybridized carbons (Fsp3) is 0.462. The summed E-state index contributed by atoms with van der Waals surface area (Å²) in [6.45, 7) is 2.25. The Hall–Kier alpha value is -1.62. The van der Waals surface area contributed by atoms with Crippen molar-refractivity contribution in [2.75, 3.05) is 11.9 Å². The molecule has 0 saturated carbocycles. The van der Waals surface area contributed by atoms with Crippen LogP contribution in [0.25, 0.3) is 0 Å². The smallest absolute Gasteiger partial charge is 0.329 e. The van der Waals surface area contributed by atoms with Crippen molar-refractivity contribution in [1.82, 2.24) is 0 Å². The number of anilines is 1. The molecule has 0 radical (unpaired) electrons. The Bertz CT molecular complexity index is 434. The lowest BCUT2D eigenvalue weighted by molar-refractivity contribution is -0.147. The molecule has 2 atom stereocenters. The first kappa shape index (κ1) is 12.8. The van der Waals surface area contributed by atoms with Crippen LogP contribution in [0.2, 0.25) is 0 Å². The summed E-state index contributed by atoms with van der Waals surface area (Å²) < 4.78 is 18.2. The van der Waals surface area contributed by atoms with Gasteiger partial charge >= 0.3 is 5.97 Å². The van der Waals surface area contributed by atoms with Crippen LogP contribution in [0.4, 0.5) is 10.1 Å². The molecular formula is C13H16FNO3. The summed E-state index contributed by atoms with van der Waals surface area (Å²) in [4.78, 5) is 11.5. The van der Waals surface area contributed by atoms with E-state index in [-0.39, 0.29) is 11.9 Å². The second-order valence-corrected chi connectivity index (χ2v) is 4.65. The van der Waals surface area contributed by atoms with Crippen LogP contribution in [0, 0.1) is 5.82 Å². The number of aliphatic carboxylic acids is 1. The predicted molar refractivity (Wildman–Crippen MR) is 65.0 cm³/mol. The molecule has 18 heavy (non-hydrogen) atoms. The number of benzene rings is 1. The Labute approximate surface area is 105 Å². The van der Waals surface area contributed by atoms with E-state index < -0.39 is 11.5 Å². The van der Waals surface area contributed by atoms with E-state index >= 15 is 0 Å². The molecule has 0 aromatic heterocycles. The zero-order chi connectivity index (χ0) is 13.2. The summed E-state index contributed by atoms with van der Waals surface area (Å²) in [7, 11) is 0. The van der Waals surface area contributed by atoms with Crippen LogP contribution < -0.4 is 5.32 Å². The minimum absolute atomic E-state index is 0.109. The average molecular weight is 253 g/mol. The molecule has 1 aromatic carbocycles. The van der Waals surface area contributed by atoms with Crippen LogP contribution in [0.15, 0.2) is 24.3 Å². The molecule has 1 aliphatic heterocycles. The van der Waals surface area contributed by atoms with Gasteiger partial charge in [-0.3, -0.25) is 0 Å². The normalized spacial score (nSPS) is 27.8. The first-order valence-electron chi connectivity index (χ1n) is 5.91. The van der Waals surface area contributed by atoms with Gasteiger partial charge in [0, 0.05) is 25.1 Å². The lowest BCUT2D eigenvalue weighted by atomic mass is 9.86. The van der Waals surface area contributed by atoms with Crippen LogP contribution >= 0.6 is 0 Å². The molecule has 0 spiro atoms. The maximum absolute atomic E-state index is 12.8. The minimum Gasteiger partial charge on any atom is -0.480 e. The SMILES string of the molecule is CC1CC(Nc2ccc(F)cc2)(C(=O)O)CCO1. The van der Waals surface area contributed by atoms with E-state index in [4.69, 9.17) is 4.74 Å². The van der Waals surface area contributed by atoms with Crippen LogP contribution in [0.3, 0.4) is 0 Å². The standard InChI is InChI=1S/C13H16FNO3/c1-9-8-13(12(16)17,6-7-18-9)15-11-4-2-10(14)3-5-11/h2-5,9,15H,6-8H2,1H3,(H,16,17). The summed E-state index contributed by atoms with van der Waals surface area (Å²) in [5.41, 5.74) is -0.428. The van der Waals surface area contributed by atoms with Gasteiger partial charge in [0.25, 0.3) is 0 Å². The van der Waals surface area contributed by atoms with Gasteiger partial charge < -0.3 is 15.2 Å². The van der Waals surface area contributed by atoms with Crippen LogP contribution in [-0.4, -0.2) is 29.3 Å². The van der Waals surface area contributed by atoms with Gasteiger partial charge in [-0.15, -0.1) is 0 Å². The molecule has 0 amide bonds. The van der Waals surface area contributed by atoms with Crippen molar-refractivity contribution >= 4 is 11.7 Å². The Morgan fingerprint density at radius 2 is 2.17 bits per heavy atom. The topological polar surface area (TPSA) is 58.6 Å². The van der Waals surface area contributed by atoms with Crippen LogP contribution in [0.1, 0.15) is 19.8 Å². The summed E-state index contributed by atoms with van der Waals surface area (Å²) in [5.74, 6) is -1.24. The summed E-state index contributed by atoms with van der Waals surface area (Å²) in [6, 6.07) is 5.70. The molecule has 0 aliphatic carbocycles. The number of rotatable bonds is 3. The highest BCUT2D eigenvalue weighted by Gasteiger charge is 2.42. The maximum atomic E-state index is 12.8.